The Balaban J connectivity index is 0.0000000961. The van der Waals surface area contributed by atoms with Crippen LogP contribution in [-0.2, 0) is 71.3 Å². The smallest absolute Gasteiger partial charge is 0.165 e. The molecule has 11 aromatic heterocycles. The van der Waals surface area contributed by atoms with Gasteiger partial charge in [-0.2, -0.15) is 5.10 Å². The Labute approximate surface area is 755 Å². The first-order valence-electron chi connectivity index (χ1n) is 46.3. The molecule has 0 saturated carbocycles. The Hall–Kier alpha value is -14.7. The number of hydrogen-bond acceptors (Lipinski definition) is 13. The van der Waals surface area contributed by atoms with Crippen molar-refractivity contribution in [2.45, 2.75) is 128 Å². The summed E-state index contributed by atoms with van der Waals surface area (Å²) in [6.45, 7) is 1.17. The van der Waals surface area contributed by atoms with Gasteiger partial charge in [0.25, 0.3) is 0 Å². The molecule has 0 fully saturated rings. The van der Waals surface area contributed by atoms with Gasteiger partial charge in [-0.15, -0.1) is 0 Å². The van der Waals surface area contributed by atoms with Gasteiger partial charge >= 0.3 is 0 Å². The van der Waals surface area contributed by atoms with Crippen LogP contribution in [0.1, 0.15) is 120 Å². The molecular weight excluding hydrogens is 1630 g/mol. The maximum absolute atomic E-state index is 13.9. The fourth-order valence-electron chi connectivity index (χ4n) is 21.8. The summed E-state index contributed by atoms with van der Waals surface area (Å²) in [5.74, 6) is -0.365. The lowest BCUT2D eigenvalue weighted by Gasteiger charge is -2.25. The minimum Gasteiger partial charge on any atom is -0.508 e. The van der Waals surface area contributed by atoms with Crippen LogP contribution in [0, 0.1) is 5.82 Å². The van der Waals surface area contributed by atoms with Crippen molar-refractivity contribution < 1.29 is 29.9 Å². The fraction of sp³-hybridized carbons (Fsp3) is 0.223. The third-order valence-corrected chi connectivity index (χ3v) is 27.9. The van der Waals surface area contributed by atoms with E-state index in [9.17, 15) is 29.9 Å². The average Bonchev–Trinajstić information content (AvgIpc) is 1.69. The molecule has 0 amide bonds. The first kappa shape index (κ1) is 82.1. The Kier molecular flexibility index (Phi) is 22.0. The molecule has 0 saturated heterocycles. The predicted molar refractivity (Wildman–Crippen MR) is 527 cm³/mol. The highest BCUT2D eigenvalue weighted by Crippen LogP contribution is 2.47. The number of aromatic nitrogens is 12. The monoisotopic (exact) mass is 1730 g/mol. The quantitative estimate of drug-likeness (QED) is 0.0618. The second kappa shape index (κ2) is 35.1. The molecule has 26 rings (SSSR count). The molecule has 21 aromatic rings. The Morgan fingerprint density at radius 1 is 0.351 bits per heavy atom. The maximum Gasteiger partial charge on any atom is 0.165 e. The van der Waals surface area contributed by atoms with E-state index in [0.717, 1.165) is 160 Å². The zero-order valence-electron chi connectivity index (χ0n) is 73.2. The number of phenols is 3. The summed E-state index contributed by atoms with van der Waals surface area (Å²) in [4.78, 5) is 41.2. The van der Waals surface area contributed by atoms with Gasteiger partial charge in [0.05, 0.1) is 69.6 Å². The molecule has 19 heteroatoms. The van der Waals surface area contributed by atoms with Crippen LogP contribution in [0.15, 0.2) is 243 Å². The number of nitrogens with one attached hydrogen (secondary N) is 4. The number of para-hydroxylation sites is 1. The number of benzene rings is 10. The van der Waals surface area contributed by atoms with Crippen molar-refractivity contribution in [2.75, 3.05) is 31.2 Å². The molecule has 11 heterocycles. The molecule has 0 bridgehead atoms. The Bertz CT molecular complexity index is 7970. The van der Waals surface area contributed by atoms with Gasteiger partial charge in [0.15, 0.2) is 11.6 Å². The minimum absolute atomic E-state index is 0.0682. The van der Waals surface area contributed by atoms with Gasteiger partial charge < -0.3 is 50.0 Å². The van der Waals surface area contributed by atoms with E-state index in [2.05, 4.69) is 185 Å². The van der Waals surface area contributed by atoms with Crippen molar-refractivity contribution in [3.05, 3.63) is 305 Å². The average molecular weight is 1730 g/mol. The lowest BCUT2D eigenvalue weighted by molar-refractivity contribution is 0.281. The van der Waals surface area contributed by atoms with Gasteiger partial charge in [-0.3, -0.25) is 20.1 Å². The molecule has 131 heavy (non-hydrogen) atoms. The zero-order valence-corrected chi connectivity index (χ0v) is 73.2. The van der Waals surface area contributed by atoms with Crippen LogP contribution in [-0.4, -0.2) is 111 Å². The molecule has 5 aliphatic carbocycles. The van der Waals surface area contributed by atoms with E-state index in [1.807, 2.05) is 72.3 Å². The molecule has 0 aliphatic heterocycles. The van der Waals surface area contributed by atoms with Gasteiger partial charge in [-0.05, 0) is 366 Å². The lowest BCUT2D eigenvalue weighted by atomic mass is 9.85. The molecule has 0 atom stereocenters. The summed E-state index contributed by atoms with van der Waals surface area (Å²) in [6, 6.07) is 68.2. The largest absolute Gasteiger partial charge is 0.508 e. The van der Waals surface area contributed by atoms with Crippen molar-refractivity contribution in [1.82, 2.24) is 59.6 Å². The van der Waals surface area contributed by atoms with Gasteiger partial charge in [-0.25, -0.2) is 19.3 Å². The second-order valence-corrected chi connectivity index (χ2v) is 35.6. The summed E-state index contributed by atoms with van der Waals surface area (Å²) >= 11 is 0. The van der Waals surface area contributed by atoms with Gasteiger partial charge in [0.1, 0.15) is 11.5 Å². The summed E-state index contributed by atoms with van der Waals surface area (Å²) in [5, 5.41) is 68.6. The minimum atomic E-state index is -0.616. The van der Waals surface area contributed by atoms with Crippen molar-refractivity contribution in [1.29, 1.82) is 0 Å². The number of rotatable bonds is 10. The van der Waals surface area contributed by atoms with E-state index in [0.29, 0.717) is 30.2 Å². The number of nitrogens with zero attached hydrogens (tertiary/aromatic N) is 9. The number of aromatic amines is 4. The topological polar surface area (TPSA) is 263 Å². The number of aryl methyl sites for hydroxylation is 6. The molecule has 18 nitrogen and oxygen atoms in total. The molecule has 10 aromatic carbocycles. The van der Waals surface area contributed by atoms with Gasteiger partial charge in [0, 0.05) is 177 Å². The lowest BCUT2D eigenvalue weighted by Crippen LogP contribution is -2.29. The van der Waals surface area contributed by atoms with Crippen LogP contribution in [0.2, 0.25) is 0 Å². The SMILES string of the molecule is Cn1ccc2c3c4c(c(-c5ccc(O)cc5)nc3ccc21)CCCC4.OCCN(CCO)c1ccc(-c2[nH]c3ccc4nccc4c3c3c2CCCC3)cc1.Oc1ccc(-c2nc3ccc4[nH]c5ccccc5c4c3c3c2CCCC3)cc1.Oc1ccc(-c2nc3ccc4[nH]ncc4c3c3c2CCCC3)cc1F.c1cc(-c2[nH]c3ccc4nccc4c3c3c2CCCC3)ccn1. The van der Waals surface area contributed by atoms with Crippen LogP contribution in [0.3, 0.4) is 0 Å². The number of hydrogen-bond donors (Lipinski definition) is 9. The Morgan fingerprint density at radius 3 is 1.32 bits per heavy atom. The first-order valence-corrected chi connectivity index (χ1v) is 46.3. The first-order chi connectivity index (χ1) is 64.4. The molecular formula is C112H100FN13O5. The highest BCUT2D eigenvalue weighted by Gasteiger charge is 2.29. The van der Waals surface area contributed by atoms with E-state index in [1.54, 1.807) is 30.3 Å². The van der Waals surface area contributed by atoms with Crippen molar-refractivity contribution >= 4 is 126 Å². The summed E-state index contributed by atoms with van der Waals surface area (Å²) in [6.07, 6.45) is 34.4. The van der Waals surface area contributed by atoms with Crippen LogP contribution in [0.5, 0.6) is 17.2 Å². The van der Waals surface area contributed by atoms with Crippen molar-refractivity contribution in [3.8, 4) is 73.5 Å². The Morgan fingerprint density at radius 2 is 0.786 bits per heavy atom. The highest BCUT2D eigenvalue weighted by molar-refractivity contribution is 6.21. The van der Waals surface area contributed by atoms with E-state index in [1.165, 1.54) is 212 Å². The number of halogens is 1. The van der Waals surface area contributed by atoms with Crippen LogP contribution in [0.4, 0.5) is 10.1 Å². The van der Waals surface area contributed by atoms with Crippen molar-refractivity contribution in [2.24, 2.45) is 7.05 Å². The molecule has 0 spiro atoms. The third-order valence-electron chi connectivity index (χ3n) is 27.9. The normalized spacial score (nSPS) is 14.0. The van der Waals surface area contributed by atoms with E-state index in [4.69, 9.17) is 15.0 Å². The number of fused-ring (bicyclic) bond motifs is 27. The molecule has 0 radical (unpaired) electrons. The molecule has 9 N–H and O–H groups in total. The molecule has 0 unspecified atom stereocenters. The van der Waals surface area contributed by atoms with Gasteiger partial charge in [-0.1, -0.05) is 30.3 Å². The van der Waals surface area contributed by atoms with E-state index < -0.39 is 5.82 Å². The number of aliphatic hydroxyl groups is 2. The van der Waals surface area contributed by atoms with Crippen molar-refractivity contribution in [3.63, 3.8) is 0 Å². The third kappa shape index (κ3) is 15.2. The fourth-order valence-corrected chi connectivity index (χ4v) is 21.8. The second-order valence-electron chi connectivity index (χ2n) is 35.6. The standard InChI is InChI=1S/C25H27N3O2.C25H20N2O.C22H20N2O.C20H16FN3O.C20H17N3/c29-15-13-28(14-16-30)18-7-5-17(6-8-18)25-20-4-2-1-3-19(20)24-21-11-12-26-22(21)9-10-23(24)27-25;28-16-11-9-15(10-12-16)25-18-6-2-1-5-17(18)23-22(27-25)14-13-21-24(23)19-7-3-4-8-20(19)26-21;1-24-13-12-18-20(24)11-10-19-21(18)16-4-2-3-5-17(16)22(23-19)14-6-8-15(25)9-7-14;21-15-9-11(5-8-18(15)25)20-13-4-2-1-3-12(13)19-14-10-22-24-16(14)6-7-17(19)23-20;1-2-4-15-14(3-1)19-16-9-12-22-17(16)5-6-18(19)23-20(15)13-7-10-21-11-8-13/h5-12,27,29-30H,1-4,13-16H2;3-4,7-14,26,28H,1-2,5-6H2;6-13,25H,2-5H2,1H3;5-10,25H,1-4H2,(H,22,24);5-12,23H,1-4H2. The highest BCUT2D eigenvalue weighted by atomic mass is 19.1. The van der Waals surface area contributed by atoms with Crippen LogP contribution >= 0.6 is 0 Å². The van der Waals surface area contributed by atoms with E-state index in [-0.39, 0.29) is 19.0 Å². The molecule has 650 valence electrons. The van der Waals surface area contributed by atoms with Gasteiger partial charge in [0.2, 0.25) is 0 Å². The zero-order chi connectivity index (χ0) is 88.3. The summed E-state index contributed by atoms with van der Waals surface area (Å²) < 4.78 is 16.1. The van der Waals surface area contributed by atoms with Crippen LogP contribution < -0.4 is 4.90 Å². The number of H-pyrrole nitrogens is 4. The number of anilines is 1. The predicted octanol–water partition coefficient (Wildman–Crippen LogP) is 24.3. The molecule has 5 aliphatic rings. The maximum atomic E-state index is 13.9. The number of aromatic hydroxyl groups is 3. The number of phenolic OH excluding ortho intramolecular Hbond substituents is 3. The summed E-state index contributed by atoms with van der Waals surface area (Å²) in [7, 11) is 2.10. The summed E-state index contributed by atoms with van der Waals surface area (Å²) in [5.41, 5.74) is 38.0. The van der Waals surface area contributed by atoms with Crippen LogP contribution in [0.25, 0.3) is 176 Å². The number of pyridine rings is 6. The number of aliphatic hydroxyl groups excluding tert-OH is 2. The van der Waals surface area contributed by atoms with E-state index >= 15 is 0 Å².